The summed E-state index contributed by atoms with van der Waals surface area (Å²) in [4.78, 5) is 61.0. The van der Waals surface area contributed by atoms with Gasteiger partial charge >= 0.3 is 17.9 Å². The number of nitrogens with zero attached hydrogens (tertiary/aromatic N) is 1. The Balaban J connectivity index is 1.82. The molecule has 2 aliphatic rings. The van der Waals surface area contributed by atoms with E-state index in [4.69, 9.17) is 0 Å². The van der Waals surface area contributed by atoms with Gasteiger partial charge in [0.05, 0.1) is 12.7 Å². The number of amides is 2. The Morgan fingerprint density at radius 2 is 1.86 bits per heavy atom. The molecular formula is C18H16N2O8S. The smallest absolute Gasteiger partial charge is 0.353 e. The summed E-state index contributed by atoms with van der Waals surface area (Å²) in [6.45, 7) is 0. The lowest BCUT2D eigenvalue weighted by Crippen LogP contribution is -2.71. The van der Waals surface area contributed by atoms with Gasteiger partial charge in [-0.15, -0.1) is 11.8 Å². The minimum Gasteiger partial charge on any atom is -0.480 e. The van der Waals surface area contributed by atoms with E-state index < -0.39 is 52.8 Å². The minimum atomic E-state index is -1.52. The first-order chi connectivity index (χ1) is 13.8. The fourth-order valence-electron chi connectivity index (χ4n) is 3.19. The number of carboxylic acid groups (broad SMARTS) is 2. The summed E-state index contributed by atoms with van der Waals surface area (Å²) < 4.78 is 4.56. The summed E-state index contributed by atoms with van der Waals surface area (Å²) in [5.41, 5.74) is -0.405. The van der Waals surface area contributed by atoms with E-state index in [1.54, 1.807) is 18.2 Å². The van der Waals surface area contributed by atoms with Crippen LogP contribution in [0, 0.1) is 0 Å². The van der Waals surface area contributed by atoms with Gasteiger partial charge in [-0.1, -0.05) is 30.3 Å². The molecule has 0 radical (unpaired) electrons. The van der Waals surface area contributed by atoms with Crippen LogP contribution in [0.5, 0.6) is 0 Å². The van der Waals surface area contributed by atoms with E-state index in [1.165, 1.54) is 12.1 Å². The van der Waals surface area contributed by atoms with E-state index >= 15 is 0 Å². The lowest BCUT2D eigenvalue weighted by atomic mass is 9.96. The quantitative estimate of drug-likeness (QED) is 0.322. The molecule has 29 heavy (non-hydrogen) atoms. The van der Waals surface area contributed by atoms with Crippen molar-refractivity contribution in [2.45, 2.75) is 17.3 Å². The third-order valence-electron chi connectivity index (χ3n) is 4.54. The Morgan fingerprint density at radius 3 is 2.41 bits per heavy atom. The van der Waals surface area contributed by atoms with E-state index in [-0.39, 0.29) is 16.9 Å². The van der Waals surface area contributed by atoms with Gasteiger partial charge in [-0.25, -0.2) is 9.59 Å². The molecular weight excluding hydrogens is 404 g/mol. The molecule has 2 heterocycles. The number of methoxy groups -OCH3 is 1. The predicted molar refractivity (Wildman–Crippen MR) is 98.5 cm³/mol. The number of esters is 1. The minimum absolute atomic E-state index is 0.0316. The Hall–Kier alpha value is -3.34. The maximum atomic E-state index is 12.6. The van der Waals surface area contributed by atoms with E-state index in [2.05, 4.69) is 10.1 Å². The number of β-lactam (4-membered cyclic amide) rings is 1. The number of carbonyl (C=O) groups excluding carboxylic acids is 3. The van der Waals surface area contributed by atoms with Crippen LogP contribution in [0.25, 0.3) is 0 Å². The van der Waals surface area contributed by atoms with Crippen molar-refractivity contribution in [3.05, 3.63) is 47.2 Å². The normalized spacial score (nSPS) is 21.6. The molecule has 3 N–H and O–H groups in total. The molecule has 3 atom stereocenters. The Morgan fingerprint density at radius 1 is 1.21 bits per heavy atom. The third kappa shape index (κ3) is 3.56. The van der Waals surface area contributed by atoms with Gasteiger partial charge in [-0.05, 0) is 5.56 Å². The van der Waals surface area contributed by atoms with Gasteiger partial charge in [0.2, 0.25) is 5.91 Å². The monoisotopic (exact) mass is 420 g/mol. The lowest BCUT2D eigenvalue weighted by Gasteiger charge is -2.49. The number of aliphatic carboxylic acids is 2. The summed E-state index contributed by atoms with van der Waals surface area (Å²) in [7, 11) is 1.10. The third-order valence-corrected chi connectivity index (χ3v) is 5.82. The molecule has 2 unspecified atom stereocenters. The van der Waals surface area contributed by atoms with Crippen LogP contribution >= 0.6 is 11.8 Å². The number of hydrogen-bond acceptors (Lipinski definition) is 7. The van der Waals surface area contributed by atoms with E-state index in [0.29, 0.717) is 0 Å². The average molecular weight is 420 g/mol. The zero-order chi connectivity index (χ0) is 21.3. The van der Waals surface area contributed by atoms with Crippen molar-refractivity contribution in [2.24, 2.45) is 0 Å². The van der Waals surface area contributed by atoms with Crippen LogP contribution in [0.15, 0.2) is 41.6 Å². The van der Waals surface area contributed by atoms with Crippen molar-refractivity contribution in [1.29, 1.82) is 0 Å². The van der Waals surface area contributed by atoms with Gasteiger partial charge < -0.3 is 20.3 Å². The van der Waals surface area contributed by atoms with Crippen LogP contribution < -0.4 is 5.32 Å². The molecule has 11 heteroatoms. The van der Waals surface area contributed by atoms with Crippen molar-refractivity contribution < 1.29 is 38.9 Å². The van der Waals surface area contributed by atoms with E-state index in [1.807, 2.05) is 0 Å². The molecule has 1 fully saturated rings. The van der Waals surface area contributed by atoms with Crippen LogP contribution in [0.1, 0.15) is 11.5 Å². The first-order valence-corrected chi connectivity index (χ1v) is 9.40. The van der Waals surface area contributed by atoms with Crippen LogP contribution in [0.4, 0.5) is 0 Å². The molecule has 2 aliphatic heterocycles. The number of thioether (sulfide) groups is 1. The molecule has 10 nitrogen and oxygen atoms in total. The Labute approximate surface area is 168 Å². The SMILES string of the molecule is COC(=O)C1=C(C(=O)O)N2C(=O)C(NC(=O)C(C(=O)O)c3ccccc3)[C@H]2SC1. The van der Waals surface area contributed by atoms with Gasteiger partial charge in [0.1, 0.15) is 17.1 Å². The van der Waals surface area contributed by atoms with E-state index in [9.17, 15) is 34.2 Å². The highest BCUT2D eigenvalue weighted by Crippen LogP contribution is 2.40. The second-order valence-corrected chi connectivity index (χ2v) is 7.31. The number of benzene rings is 1. The highest BCUT2D eigenvalue weighted by atomic mass is 32.2. The summed E-state index contributed by atoms with van der Waals surface area (Å²) in [5.74, 6) is -6.89. The molecule has 0 saturated carbocycles. The standard InChI is InChI=1S/C18H16N2O8S/c1-28-18(27)9-7-29-15-11(14(22)20(15)12(9)17(25)26)19-13(21)10(16(23)24)8-5-3-2-4-6-8/h2-6,10-11,15H,7H2,1H3,(H,19,21)(H,23,24)(H,25,26)/t10?,11?,15-/m1/s1. The van der Waals surface area contributed by atoms with Crippen LogP contribution in [-0.4, -0.2) is 69.1 Å². The zero-order valence-corrected chi connectivity index (χ0v) is 15.8. The number of carbonyl (C=O) groups is 5. The number of carboxylic acids is 2. The van der Waals surface area contributed by atoms with Crippen molar-refractivity contribution in [3.8, 4) is 0 Å². The zero-order valence-electron chi connectivity index (χ0n) is 15.0. The van der Waals surface area contributed by atoms with Crippen LogP contribution in [0.2, 0.25) is 0 Å². The lowest BCUT2D eigenvalue weighted by molar-refractivity contribution is -0.152. The summed E-state index contributed by atoms with van der Waals surface area (Å²) in [5, 5.41) is 20.5. The van der Waals surface area contributed by atoms with Crippen LogP contribution in [0.3, 0.4) is 0 Å². The molecule has 0 aliphatic carbocycles. The largest absolute Gasteiger partial charge is 0.480 e. The fraction of sp³-hybridized carbons (Fsp3) is 0.278. The predicted octanol–water partition coefficient (Wildman–Crippen LogP) is -0.234. The van der Waals surface area contributed by atoms with Crippen molar-refractivity contribution in [1.82, 2.24) is 10.2 Å². The summed E-state index contributed by atoms with van der Waals surface area (Å²) in [6.07, 6.45) is 0. The molecule has 1 aromatic rings. The highest BCUT2D eigenvalue weighted by Gasteiger charge is 2.55. The molecule has 1 aromatic carbocycles. The van der Waals surface area contributed by atoms with Crippen molar-refractivity contribution in [2.75, 3.05) is 12.9 Å². The maximum Gasteiger partial charge on any atom is 0.353 e. The number of nitrogens with one attached hydrogen (secondary N) is 1. The summed E-state index contributed by atoms with van der Waals surface area (Å²) in [6, 6.07) is 6.71. The second kappa shape index (κ2) is 7.95. The van der Waals surface area contributed by atoms with Crippen molar-refractivity contribution >= 4 is 41.5 Å². The summed E-state index contributed by atoms with van der Waals surface area (Å²) >= 11 is 1.08. The van der Waals surface area contributed by atoms with Gasteiger partial charge in [-0.2, -0.15) is 0 Å². The second-order valence-electron chi connectivity index (χ2n) is 6.20. The number of rotatable bonds is 6. The molecule has 1 saturated heterocycles. The van der Waals surface area contributed by atoms with Crippen LogP contribution in [-0.2, 0) is 28.7 Å². The average Bonchev–Trinajstić information content (AvgIpc) is 2.70. The fourth-order valence-corrected chi connectivity index (χ4v) is 4.51. The number of fused-ring (bicyclic) bond motifs is 1. The molecule has 0 bridgehead atoms. The first kappa shape index (κ1) is 20.4. The molecule has 0 spiro atoms. The number of hydrogen-bond donors (Lipinski definition) is 3. The first-order valence-electron chi connectivity index (χ1n) is 8.35. The number of ether oxygens (including phenoxy) is 1. The Bertz CT molecular complexity index is 929. The topological polar surface area (TPSA) is 150 Å². The maximum absolute atomic E-state index is 12.6. The van der Waals surface area contributed by atoms with Gasteiger partial charge in [-0.3, -0.25) is 19.3 Å². The molecule has 3 rings (SSSR count). The van der Waals surface area contributed by atoms with Gasteiger partial charge in [0.15, 0.2) is 5.92 Å². The molecule has 152 valence electrons. The van der Waals surface area contributed by atoms with Crippen molar-refractivity contribution in [3.63, 3.8) is 0 Å². The molecule has 2 amide bonds. The van der Waals surface area contributed by atoms with E-state index in [0.717, 1.165) is 23.8 Å². The Kier molecular flexibility index (Phi) is 5.59. The van der Waals surface area contributed by atoms with Gasteiger partial charge in [0.25, 0.3) is 5.91 Å². The van der Waals surface area contributed by atoms with Gasteiger partial charge in [0, 0.05) is 5.75 Å². The molecule has 0 aromatic heterocycles. The highest BCUT2D eigenvalue weighted by molar-refractivity contribution is 8.00.